The van der Waals surface area contributed by atoms with Gasteiger partial charge in [0.2, 0.25) is 0 Å². The van der Waals surface area contributed by atoms with Crippen molar-refractivity contribution in [3.8, 4) is 0 Å². The molecule has 0 atom stereocenters. The maximum atomic E-state index is 12.9. The molecule has 1 aliphatic rings. The summed E-state index contributed by atoms with van der Waals surface area (Å²) in [4.78, 5) is 29.6. The van der Waals surface area contributed by atoms with Gasteiger partial charge >= 0.3 is 6.03 Å². The summed E-state index contributed by atoms with van der Waals surface area (Å²) in [6.45, 7) is 8.53. The van der Waals surface area contributed by atoms with Gasteiger partial charge in [-0.25, -0.2) is 4.79 Å². The van der Waals surface area contributed by atoms with Gasteiger partial charge in [0.05, 0.1) is 18.8 Å². The second-order valence-corrected chi connectivity index (χ2v) is 8.16. The summed E-state index contributed by atoms with van der Waals surface area (Å²) in [5.41, 5.74) is 4.74. The van der Waals surface area contributed by atoms with E-state index < -0.39 is 0 Å². The highest BCUT2D eigenvalue weighted by atomic mass is 16.5. The van der Waals surface area contributed by atoms with Crippen molar-refractivity contribution in [3.63, 3.8) is 0 Å². The zero-order valence-electron chi connectivity index (χ0n) is 19.3. The quantitative estimate of drug-likeness (QED) is 0.617. The first-order chi connectivity index (χ1) is 15.3. The van der Waals surface area contributed by atoms with Crippen molar-refractivity contribution in [1.29, 1.82) is 0 Å². The van der Waals surface area contributed by atoms with Crippen molar-refractivity contribution >= 4 is 29.0 Å². The van der Waals surface area contributed by atoms with Crippen LogP contribution in [0.15, 0.2) is 36.4 Å². The van der Waals surface area contributed by atoms with Gasteiger partial charge in [0.1, 0.15) is 0 Å². The molecule has 0 unspecified atom stereocenters. The Balaban J connectivity index is 1.65. The third kappa shape index (κ3) is 6.21. The second-order valence-electron chi connectivity index (χ2n) is 8.16. The van der Waals surface area contributed by atoms with Gasteiger partial charge in [0, 0.05) is 57.3 Å². The highest BCUT2D eigenvalue weighted by Gasteiger charge is 2.16. The van der Waals surface area contributed by atoms with E-state index in [2.05, 4.69) is 20.9 Å². The molecule has 0 bridgehead atoms. The fourth-order valence-corrected chi connectivity index (χ4v) is 3.60. The molecule has 172 valence electrons. The van der Waals surface area contributed by atoms with Crippen LogP contribution in [0.5, 0.6) is 0 Å². The van der Waals surface area contributed by atoms with Gasteiger partial charge in [-0.15, -0.1) is 0 Å². The van der Waals surface area contributed by atoms with Crippen LogP contribution in [0.2, 0.25) is 0 Å². The number of ether oxygens (including phenoxy) is 1. The molecule has 1 saturated heterocycles. The lowest BCUT2D eigenvalue weighted by molar-refractivity contribution is 0.0383. The first kappa shape index (κ1) is 23.6. The molecule has 1 aliphatic heterocycles. The van der Waals surface area contributed by atoms with Crippen molar-refractivity contribution in [3.05, 3.63) is 53.1 Å². The molecule has 0 spiro atoms. The average molecular weight is 440 g/mol. The van der Waals surface area contributed by atoms with Crippen molar-refractivity contribution in [2.75, 3.05) is 69.0 Å². The van der Waals surface area contributed by atoms with Crippen molar-refractivity contribution in [1.82, 2.24) is 10.2 Å². The van der Waals surface area contributed by atoms with E-state index in [1.54, 1.807) is 12.1 Å². The number of benzene rings is 2. The van der Waals surface area contributed by atoms with Crippen molar-refractivity contribution in [2.24, 2.45) is 0 Å². The van der Waals surface area contributed by atoms with Crippen LogP contribution in [0.1, 0.15) is 21.5 Å². The van der Waals surface area contributed by atoms with Crippen molar-refractivity contribution < 1.29 is 14.3 Å². The number of amides is 3. The Morgan fingerprint density at radius 2 is 1.81 bits per heavy atom. The van der Waals surface area contributed by atoms with Crippen LogP contribution in [-0.4, -0.2) is 70.3 Å². The van der Waals surface area contributed by atoms with Crippen LogP contribution in [-0.2, 0) is 4.74 Å². The topological polar surface area (TPSA) is 85.9 Å². The summed E-state index contributed by atoms with van der Waals surface area (Å²) < 4.78 is 5.36. The minimum atomic E-state index is -0.352. The van der Waals surface area contributed by atoms with E-state index in [0.29, 0.717) is 17.8 Å². The molecule has 1 fully saturated rings. The van der Waals surface area contributed by atoms with E-state index in [-0.39, 0.29) is 11.9 Å². The number of morpholine rings is 1. The number of aryl methyl sites for hydroxylation is 1. The average Bonchev–Trinajstić information content (AvgIpc) is 2.77. The highest BCUT2D eigenvalue weighted by Crippen LogP contribution is 2.24. The minimum absolute atomic E-state index is 0.166. The summed E-state index contributed by atoms with van der Waals surface area (Å²) in [5, 5.41) is 8.71. The summed E-state index contributed by atoms with van der Waals surface area (Å²) in [5.74, 6) is -0.166. The van der Waals surface area contributed by atoms with Crippen LogP contribution in [0.4, 0.5) is 21.9 Å². The molecule has 8 heteroatoms. The number of hydrogen-bond donors (Lipinski definition) is 3. The Bertz CT molecular complexity index is 955. The predicted molar refractivity (Wildman–Crippen MR) is 129 cm³/mol. The zero-order chi connectivity index (χ0) is 23.1. The van der Waals surface area contributed by atoms with Gasteiger partial charge in [0.15, 0.2) is 0 Å². The first-order valence-electron chi connectivity index (χ1n) is 10.9. The zero-order valence-corrected chi connectivity index (χ0v) is 19.3. The number of nitrogens with zero attached hydrogens (tertiary/aromatic N) is 2. The number of urea groups is 1. The fraction of sp³-hybridized carbons (Fsp3) is 0.417. The molecular formula is C24H33N5O3. The molecule has 3 amide bonds. The normalized spacial score (nSPS) is 14.0. The lowest BCUT2D eigenvalue weighted by atomic mass is 10.1. The molecule has 1 heterocycles. The number of hydrogen-bond acceptors (Lipinski definition) is 5. The van der Waals surface area contributed by atoms with Gasteiger partial charge < -0.3 is 25.6 Å². The molecule has 0 radical (unpaired) electrons. The van der Waals surface area contributed by atoms with Gasteiger partial charge in [0.25, 0.3) is 5.91 Å². The maximum absolute atomic E-state index is 12.9. The van der Waals surface area contributed by atoms with E-state index in [9.17, 15) is 9.59 Å². The maximum Gasteiger partial charge on any atom is 0.323 e. The summed E-state index contributed by atoms with van der Waals surface area (Å²) in [6, 6.07) is 10.8. The van der Waals surface area contributed by atoms with Crippen LogP contribution in [0, 0.1) is 13.8 Å². The van der Waals surface area contributed by atoms with Crippen LogP contribution in [0.3, 0.4) is 0 Å². The Morgan fingerprint density at radius 1 is 1.06 bits per heavy atom. The van der Waals surface area contributed by atoms with Gasteiger partial charge in [-0.3, -0.25) is 9.69 Å². The first-order valence-corrected chi connectivity index (χ1v) is 10.9. The number of carbonyl (C=O) groups is 2. The van der Waals surface area contributed by atoms with E-state index in [0.717, 1.165) is 55.3 Å². The SMILES string of the molecule is Cc1cccc(NC(=O)Nc2ccc(N(C)C)c(C(=O)NCCN3CCOCC3)c2)c1C. The molecule has 0 saturated carbocycles. The number of anilines is 3. The molecule has 32 heavy (non-hydrogen) atoms. The lowest BCUT2D eigenvalue weighted by Gasteiger charge is -2.26. The predicted octanol–water partition coefficient (Wildman–Crippen LogP) is 3.08. The smallest absolute Gasteiger partial charge is 0.323 e. The Labute approximate surface area is 189 Å². The molecule has 3 N–H and O–H groups in total. The summed E-state index contributed by atoms with van der Waals surface area (Å²) >= 11 is 0. The van der Waals surface area contributed by atoms with E-state index in [1.807, 2.05) is 57.1 Å². The Morgan fingerprint density at radius 3 is 2.53 bits per heavy atom. The summed E-state index contributed by atoms with van der Waals surface area (Å²) in [6.07, 6.45) is 0. The standard InChI is InChI=1S/C24H33N5O3/c1-17-6-5-7-21(18(17)2)27-24(31)26-19-8-9-22(28(3)4)20(16-19)23(30)25-10-11-29-12-14-32-15-13-29/h5-9,16H,10-15H2,1-4H3,(H,25,30)(H2,26,27,31). The fourth-order valence-electron chi connectivity index (χ4n) is 3.60. The Kier molecular flexibility index (Phi) is 8.08. The van der Waals surface area contributed by atoms with E-state index in [1.165, 1.54) is 0 Å². The van der Waals surface area contributed by atoms with Gasteiger partial charge in [-0.1, -0.05) is 12.1 Å². The molecule has 8 nitrogen and oxygen atoms in total. The monoisotopic (exact) mass is 439 g/mol. The van der Waals surface area contributed by atoms with Crippen LogP contribution < -0.4 is 20.9 Å². The molecule has 0 aliphatic carbocycles. The van der Waals surface area contributed by atoms with E-state index >= 15 is 0 Å². The third-order valence-electron chi connectivity index (χ3n) is 5.65. The highest BCUT2D eigenvalue weighted by molar-refractivity contribution is 6.04. The molecule has 2 aromatic carbocycles. The van der Waals surface area contributed by atoms with E-state index in [4.69, 9.17) is 4.74 Å². The van der Waals surface area contributed by atoms with Crippen LogP contribution >= 0.6 is 0 Å². The number of nitrogens with one attached hydrogen (secondary N) is 3. The number of rotatable bonds is 7. The third-order valence-corrected chi connectivity index (χ3v) is 5.65. The van der Waals surface area contributed by atoms with Crippen molar-refractivity contribution in [2.45, 2.75) is 13.8 Å². The van der Waals surface area contributed by atoms with Crippen LogP contribution in [0.25, 0.3) is 0 Å². The van der Waals surface area contributed by atoms with Gasteiger partial charge in [-0.05, 0) is 49.2 Å². The largest absolute Gasteiger partial charge is 0.379 e. The molecule has 3 rings (SSSR count). The molecule has 2 aromatic rings. The lowest BCUT2D eigenvalue weighted by Crippen LogP contribution is -2.41. The minimum Gasteiger partial charge on any atom is -0.379 e. The van der Waals surface area contributed by atoms with Gasteiger partial charge in [-0.2, -0.15) is 0 Å². The number of carbonyl (C=O) groups excluding carboxylic acids is 2. The second kappa shape index (κ2) is 11.0. The molecular weight excluding hydrogens is 406 g/mol. The summed E-state index contributed by atoms with van der Waals surface area (Å²) in [7, 11) is 3.78. The Hall–Kier alpha value is -3.10. The molecule has 0 aromatic heterocycles.